The molecule has 0 heterocycles. The van der Waals surface area contributed by atoms with Crippen LogP contribution in [0.1, 0.15) is 155 Å². The SMILES string of the molecule is CC(C)(C)c1ccc(N(c2ccc(C(C)(C)C)cc2)c2ccc3c(c2)C(C)(C)c2c-3ccc3c2C(C)(C)c2cccc4c(N(c5ccc(C(C)(C)C)cc5)c5ccc(C(C)(C)C)cc5)ccc-3c24)cc1. The lowest BCUT2D eigenvalue weighted by Crippen LogP contribution is -2.29. The monoisotopic (exact) mass is 919 g/mol. The standard InChI is InChI=1S/C68H74N2/c1-63(2,3)43-20-28-47(29-21-43)69(48-30-22-44(23-31-48)64(4,5)6)51-36-37-52-54-38-39-55-53-40-41-59(56-18-17-19-57(60(53)56)67(13,14)62(55)61(54)68(15,16)58(52)42-51)70(49-32-24-45(25-33-49)65(7,8)9)50-34-26-46(27-35-50)66(10,11)12/h17-42H,1-16H3. The Hall–Kier alpha value is -6.38. The number of benzene rings is 8. The third-order valence-corrected chi connectivity index (χ3v) is 15.9. The fourth-order valence-electron chi connectivity index (χ4n) is 11.7. The molecular weight excluding hydrogens is 845 g/mol. The van der Waals surface area contributed by atoms with Gasteiger partial charge in [0.1, 0.15) is 0 Å². The van der Waals surface area contributed by atoms with E-state index in [9.17, 15) is 0 Å². The Morgan fingerprint density at radius 1 is 0.314 bits per heavy atom. The van der Waals surface area contributed by atoms with Crippen molar-refractivity contribution in [3.63, 3.8) is 0 Å². The highest BCUT2D eigenvalue weighted by atomic mass is 15.1. The van der Waals surface area contributed by atoms with Gasteiger partial charge in [0.2, 0.25) is 0 Å². The van der Waals surface area contributed by atoms with Gasteiger partial charge in [-0.3, -0.25) is 0 Å². The molecule has 10 rings (SSSR count). The van der Waals surface area contributed by atoms with Gasteiger partial charge in [-0.2, -0.15) is 0 Å². The quantitative estimate of drug-likeness (QED) is 0.164. The minimum Gasteiger partial charge on any atom is -0.310 e. The van der Waals surface area contributed by atoms with E-state index in [4.69, 9.17) is 0 Å². The van der Waals surface area contributed by atoms with Gasteiger partial charge >= 0.3 is 0 Å². The van der Waals surface area contributed by atoms with Crippen LogP contribution in [0.15, 0.2) is 158 Å². The van der Waals surface area contributed by atoms with Gasteiger partial charge in [-0.05, 0) is 161 Å². The Morgan fingerprint density at radius 2 is 0.657 bits per heavy atom. The molecule has 0 aromatic heterocycles. The average molecular weight is 919 g/mol. The van der Waals surface area contributed by atoms with Crippen molar-refractivity contribution in [1.82, 2.24) is 0 Å². The van der Waals surface area contributed by atoms with Crippen molar-refractivity contribution in [2.24, 2.45) is 0 Å². The molecule has 70 heavy (non-hydrogen) atoms. The summed E-state index contributed by atoms with van der Waals surface area (Å²) in [4.78, 5) is 4.93. The van der Waals surface area contributed by atoms with E-state index in [0.29, 0.717) is 0 Å². The predicted molar refractivity (Wildman–Crippen MR) is 303 cm³/mol. The number of nitrogens with zero attached hydrogens (tertiary/aromatic N) is 2. The molecule has 2 nitrogen and oxygen atoms in total. The van der Waals surface area contributed by atoms with Crippen molar-refractivity contribution in [2.75, 3.05) is 9.80 Å². The number of fused-ring (bicyclic) bond motifs is 6. The summed E-state index contributed by atoms with van der Waals surface area (Å²) in [5.74, 6) is 0. The molecular formula is C68H74N2. The number of hydrogen-bond donors (Lipinski definition) is 0. The third kappa shape index (κ3) is 7.78. The van der Waals surface area contributed by atoms with Crippen LogP contribution in [0.25, 0.3) is 33.0 Å². The Bertz CT molecular complexity index is 3180. The van der Waals surface area contributed by atoms with Crippen molar-refractivity contribution in [2.45, 2.75) is 143 Å². The Morgan fingerprint density at radius 3 is 1.07 bits per heavy atom. The summed E-state index contributed by atoms with van der Waals surface area (Å²) in [6.07, 6.45) is 0. The zero-order valence-corrected chi connectivity index (χ0v) is 44.9. The van der Waals surface area contributed by atoms with E-state index < -0.39 is 0 Å². The van der Waals surface area contributed by atoms with Crippen LogP contribution in [0.4, 0.5) is 34.1 Å². The summed E-state index contributed by atoms with van der Waals surface area (Å²) in [5, 5.41) is 2.62. The number of anilines is 6. The second-order valence-electron chi connectivity index (χ2n) is 25.6. The van der Waals surface area contributed by atoms with E-state index in [1.807, 2.05) is 0 Å². The zero-order chi connectivity index (χ0) is 50.1. The lowest BCUT2D eigenvalue weighted by Gasteiger charge is -2.40. The van der Waals surface area contributed by atoms with Gasteiger partial charge in [0.25, 0.3) is 0 Å². The molecule has 8 aromatic carbocycles. The van der Waals surface area contributed by atoms with Gasteiger partial charge in [0.05, 0.1) is 5.69 Å². The molecule has 2 aliphatic rings. The van der Waals surface area contributed by atoms with Crippen LogP contribution in [-0.2, 0) is 32.5 Å². The van der Waals surface area contributed by atoms with Crippen molar-refractivity contribution < 1.29 is 0 Å². The van der Waals surface area contributed by atoms with Gasteiger partial charge in [0.15, 0.2) is 0 Å². The molecule has 0 bridgehead atoms. The van der Waals surface area contributed by atoms with E-state index >= 15 is 0 Å². The van der Waals surface area contributed by atoms with Crippen LogP contribution < -0.4 is 9.80 Å². The normalized spacial score (nSPS) is 14.8. The predicted octanol–water partition coefficient (Wildman–Crippen LogP) is 19.6. The first-order chi connectivity index (χ1) is 32.8. The first kappa shape index (κ1) is 47.3. The summed E-state index contributed by atoms with van der Waals surface area (Å²) in [6.45, 7) is 37.3. The maximum absolute atomic E-state index is 2.49. The summed E-state index contributed by atoms with van der Waals surface area (Å²) in [6, 6.07) is 60.9. The lowest BCUT2D eigenvalue weighted by molar-refractivity contribution is 0.590. The highest BCUT2D eigenvalue weighted by Gasteiger charge is 2.45. The Labute approximate surface area is 420 Å². The molecule has 2 heteroatoms. The number of rotatable bonds is 6. The number of hydrogen-bond acceptors (Lipinski definition) is 2. The summed E-state index contributed by atoms with van der Waals surface area (Å²) < 4.78 is 0. The summed E-state index contributed by atoms with van der Waals surface area (Å²) >= 11 is 0. The molecule has 0 fully saturated rings. The molecule has 8 aromatic rings. The van der Waals surface area contributed by atoms with Crippen LogP contribution >= 0.6 is 0 Å². The average Bonchev–Trinajstić information content (AvgIpc) is 3.53. The second kappa shape index (κ2) is 16.1. The van der Waals surface area contributed by atoms with E-state index in [1.54, 1.807) is 0 Å². The highest BCUT2D eigenvalue weighted by Crippen LogP contribution is 2.60. The molecule has 0 saturated heterocycles. The maximum atomic E-state index is 2.49. The molecule has 0 radical (unpaired) electrons. The molecule has 0 atom stereocenters. The molecule has 0 unspecified atom stereocenters. The minimum absolute atomic E-state index is 0.0630. The van der Waals surface area contributed by atoms with E-state index in [1.165, 1.54) is 88.9 Å². The second-order valence-corrected chi connectivity index (χ2v) is 25.6. The fourth-order valence-corrected chi connectivity index (χ4v) is 11.7. The largest absolute Gasteiger partial charge is 0.310 e. The van der Waals surface area contributed by atoms with Gasteiger partial charge in [-0.25, -0.2) is 0 Å². The molecule has 0 N–H and O–H groups in total. The maximum Gasteiger partial charge on any atom is 0.0540 e. The van der Waals surface area contributed by atoms with Crippen molar-refractivity contribution in [3.8, 4) is 22.3 Å². The highest BCUT2D eigenvalue weighted by molar-refractivity contribution is 6.11. The molecule has 0 amide bonds. The lowest BCUT2D eigenvalue weighted by atomic mass is 9.63. The van der Waals surface area contributed by atoms with Crippen molar-refractivity contribution in [1.29, 1.82) is 0 Å². The van der Waals surface area contributed by atoms with Crippen LogP contribution in [0.2, 0.25) is 0 Å². The molecule has 356 valence electrons. The van der Waals surface area contributed by atoms with Gasteiger partial charge < -0.3 is 9.80 Å². The van der Waals surface area contributed by atoms with E-state index in [0.717, 1.165) is 22.7 Å². The Balaban J connectivity index is 1.11. The smallest absolute Gasteiger partial charge is 0.0540 e. The van der Waals surface area contributed by atoms with Crippen LogP contribution in [0.5, 0.6) is 0 Å². The minimum atomic E-state index is -0.281. The van der Waals surface area contributed by atoms with Gasteiger partial charge in [-0.15, -0.1) is 0 Å². The van der Waals surface area contributed by atoms with Gasteiger partial charge in [0, 0.05) is 44.7 Å². The van der Waals surface area contributed by atoms with E-state index in [-0.39, 0.29) is 32.5 Å². The molecule has 0 aliphatic heterocycles. The van der Waals surface area contributed by atoms with E-state index in [2.05, 4.69) is 278 Å². The summed E-state index contributed by atoms with van der Waals surface area (Å²) in [7, 11) is 0. The van der Waals surface area contributed by atoms with Crippen LogP contribution in [-0.4, -0.2) is 0 Å². The molecule has 0 saturated carbocycles. The van der Waals surface area contributed by atoms with Crippen molar-refractivity contribution >= 4 is 44.9 Å². The van der Waals surface area contributed by atoms with Crippen LogP contribution in [0.3, 0.4) is 0 Å². The zero-order valence-electron chi connectivity index (χ0n) is 44.9. The van der Waals surface area contributed by atoms with Gasteiger partial charge in [-0.1, -0.05) is 202 Å². The Kier molecular flexibility index (Phi) is 10.9. The molecule has 2 aliphatic carbocycles. The van der Waals surface area contributed by atoms with Crippen LogP contribution in [0, 0.1) is 0 Å². The first-order valence-electron chi connectivity index (χ1n) is 25.7. The van der Waals surface area contributed by atoms with Crippen molar-refractivity contribution in [3.05, 3.63) is 202 Å². The molecule has 0 spiro atoms. The third-order valence-electron chi connectivity index (χ3n) is 15.9. The topological polar surface area (TPSA) is 6.48 Å². The summed E-state index contributed by atoms with van der Waals surface area (Å²) in [5.41, 5.74) is 23.0. The first-order valence-corrected chi connectivity index (χ1v) is 25.7. The fraction of sp³-hybridized carbons (Fsp3) is 0.324.